The van der Waals surface area contributed by atoms with E-state index >= 15 is 0 Å². The number of amides is 3. The first-order valence-corrected chi connectivity index (χ1v) is 15.8. The molecular formula is C35H45FN4O6. The van der Waals surface area contributed by atoms with E-state index in [1.54, 1.807) is 43.6 Å². The van der Waals surface area contributed by atoms with E-state index in [0.29, 0.717) is 25.0 Å². The van der Waals surface area contributed by atoms with Crippen molar-refractivity contribution in [3.05, 3.63) is 71.7 Å². The van der Waals surface area contributed by atoms with Crippen LogP contribution in [0.25, 0.3) is 10.9 Å². The van der Waals surface area contributed by atoms with Crippen molar-refractivity contribution in [3.63, 3.8) is 0 Å². The molecule has 3 aromatic rings. The average molecular weight is 637 g/mol. The molecule has 0 unspecified atom stereocenters. The highest BCUT2D eigenvalue weighted by atomic mass is 19.1. The van der Waals surface area contributed by atoms with Crippen LogP contribution in [0.4, 0.5) is 14.0 Å². The monoisotopic (exact) mass is 636 g/mol. The lowest BCUT2D eigenvalue weighted by Crippen LogP contribution is -2.57. The summed E-state index contributed by atoms with van der Waals surface area (Å²) in [5.41, 5.74) is 1.02. The molecule has 10 nitrogen and oxygen atoms in total. The smallest absolute Gasteiger partial charge is 0.410 e. The molecule has 2 N–H and O–H groups in total. The summed E-state index contributed by atoms with van der Waals surface area (Å²) in [6.45, 7) is 13.5. The van der Waals surface area contributed by atoms with Gasteiger partial charge in [0, 0.05) is 36.1 Å². The lowest BCUT2D eigenvalue weighted by atomic mass is 9.91. The summed E-state index contributed by atoms with van der Waals surface area (Å²) in [5.74, 6) is -0.996. The number of likely N-dealkylation sites (tertiary alicyclic amines) is 2. The first kappa shape index (κ1) is 33.2. The molecule has 0 spiro atoms. The average Bonchev–Trinajstić information content (AvgIpc) is 3.67. The summed E-state index contributed by atoms with van der Waals surface area (Å²) in [6, 6.07) is 12.2. The van der Waals surface area contributed by atoms with Crippen LogP contribution in [0.15, 0.2) is 54.7 Å². The van der Waals surface area contributed by atoms with Crippen molar-refractivity contribution >= 4 is 29.0 Å². The van der Waals surface area contributed by atoms with Crippen LogP contribution < -0.4 is 5.32 Å². The molecule has 1 aromatic heterocycles. The van der Waals surface area contributed by atoms with Gasteiger partial charge in [-0.2, -0.15) is 0 Å². The molecule has 0 radical (unpaired) electrons. The fourth-order valence-corrected chi connectivity index (χ4v) is 6.68. The zero-order valence-electron chi connectivity index (χ0n) is 27.6. The first-order chi connectivity index (χ1) is 21.6. The predicted octanol–water partition coefficient (Wildman–Crippen LogP) is 6.11. The van der Waals surface area contributed by atoms with Crippen molar-refractivity contribution in [2.24, 2.45) is 0 Å². The number of ether oxygens (including phenoxy) is 3. The number of nitrogens with one attached hydrogen (secondary N) is 2. The molecule has 2 aliphatic rings. The molecule has 0 bridgehead atoms. The lowest BCUT2D eigenvalue weighted by molar-refractivity contribution is -0.142. The van der Waals surface area contributed by atoms with Crippen LogP contribution in [0.1, 0.15) is 71.9 Å². The fraction of sp³-hybridized carbons (Fsp3) is 0.514. The number of benzene rings is 2. The third-order valence-electron chi connectivity index (χ3n) is 8.37. The van der Waals surface area contributed by atoms with Gasteiger partial charge in [-0.15, -0.1) is 0 Å². The molecule has 0 aliphatic carbocycles. The summed E-state index contributed by atoms with van der Waals surface area (Å²) in [7, 11) is 0. The highest BCUT2D eigenvalue weighted by molar-refractivity contribution is 5.88. The summed E-state index contributed by atoms with van der Waals surface area (Å²) < 4.78 is 31.5. The lowest BCUT2D eigenvalue weighted by Gasteiger charge is -2.36. The maximum Gasteiger partial charge on any atom is 0.410 e. The van der Waals surface area contributed by atoms with Crippen molar-refractivity contribution in [2.75, 3.05) is 13.1 Å². The van der Waals surface area contributed by atoms with E-state index in [4.69, 9.17) is 14.2 Å². The molecule has 248 valence electrons. The maximum absolute atomic E-state index is 14.5. The van der Waals surface area contributed by atoms with Crippen LogP contribution in [0, 0.1) is 5.82 Å². The largest absolute Gasteiger partial charge is 0.445 e. The van der Waals surface area contributed by atoms with Gasteiger partial charge in [0.15, 0.2) is 0 Å². The predicted molar refractivity (Wildman–Crippen MR) is 172 cm³/mol. The number of rotatable bonds is 7. The van der Waals surface area contributed by atoms with E-state index in [9.17, 15) is 18.8 Å². The molecule has 2 fully saturated rings. The second-order valence-corrected chi connectivity index (χ2v) is 14.2. The van der Waals surface area contributed by atoms with Crippen LogP contribution in [-0.2, 0) is 25.6 Å². The number of alkyl carbamates (subject to hydrolysis) is 1. The number of carbonyl (C=O) groups is 3. The van der Waals surface area contributed by atoms with Crippen LogP contribution in [0.2, 0.25) is 0 Å². The highest BCUT2D eigenvalue weighted by Crippen LogP contribution is 2.44. The molecule has 46 heavy (non-hydrogen) atoms. The summed E-state index contributed by atoms with van der Waals surface area (Å²) in [4.78, 5) is 47.7. The second-order valence-electron chi connectivity index (χ2n) is 14.2. The third-order valence-corrected chi connectivity index (χ3v) is 8.37. The SMILES string of the molecule is C[C@@H](OC(C)(C)C)[C@H](NC(=O)OC(C)(C)C)C(=O)N1CC[C@@H]2[C@H]1[C@@H](c1c[nH]c3cc(F)ccc13)CN2C(=O)OCc1ccccc1. The molecule has 0 saturated carbocycles. The quantitative estimate of drug-likeness (QED) is 0.324. The topological polar surface area (TPSA) is 113 Å². The minimum absolute atomic E-state index is 0.122. The molecule has 3 amide bonds. The van der Waals surface area contributed by atoms with E-state index in [2.05, 4.69) is 10.3 Å². The molecule has 2 saturated heterocycles. The molecular weight excluding hydrogens is 591 g/mol. The van der Waals surface area contributed by atoms with Gasteiger partial charge >= 0.3 is 12.2 Å². The summed E-state index contributed by atoms with van der Waals surface area (Å²) in [5, 5.41) is 3.60. The van der Waals surface area contributed by atoms with Crippen molar-refractivity contribution in [1.29, 1.82) is 0 Å². The number of fused-ring (bicyclic) bond motifs is 2. The molecule has 2 aromatic carbocycles. The summed E-state index contributed by atoms with van der Waals surface area (Å²) >= 11 is 0. The van der Waals surface area contributed by atoms with Crippen LogP contribution in [0.5, 0.6) is 0 Å². The van der Waals surface area contributed by atoms with E-state index in [1.807, 2.05) is 57.3 Å². The molecule has 11 heteroatoms. The Hall–Kier alpha value is -4.12. The van der Waals surface area contributed by atoms with Gasteiger partial charge < -0.3 is 34.3 Å². The van der Waals surface area contributed by atoms with Gasteiger partial charge in [0.05, 0.1) is 23.8 Å². The van der Waals surface area contributed by atoms with Crippen LogP contribution in [-0.4, -0.2) is 81.4 Å². The van der Waals surface area contributed by atoms with E-state index in [0.717, 1.165) is 16.5 Å². The van der Waals surface area contributed by atoms with E-state index in [1.165, 1.54) is 12.1 Å². The number of hydrogen-bond donors (Lipinski definition) is 2. The molecule has 5 rings (SSSR count). The van der Waals surface area contributed by atoms with Crippen LogP contribution in [0.3, 0.4) is 0 Å². The second kappa shape index (κ2) is 12.9. The first-order valence-electron chi connectivity index (χ1n) is 15.8. The van der Waals surface area contributed by atoms with Gasteiger partial charge in [-0.1, -0.05) is 30.3 Å². The van der Waals surface area contributed by atoms with Gasteiger partial charge in [-0.3, -0.25) is 4.79 Å². The standard InChI is InChI=1S/C35H45FN4O6/c1-21(45-34(2,3)4)29(38-32(42)46-35(5,6)7)31(41)39-16-15-28-30(39)26(25-18-37-27-17-23(36)13-14-24(25)27)19-40(28)33(43)44-20-22-11-9-8-10-12-22/h8-14,17-18,21,26,28-30,37H,15-16,19-20H2,1-7H3,(H,38,42)/t21-,26-,28-,29+,30-/m1/s1. The van der Waals surface area contributed by atoms with Gasteiger partial charge in [-0.25, -0.2) is 14.0 Å². The Kier molecular flexibility index (Phi) is 9.35. The van der Waals surface area contributed by atoms with Crippen LogP contribution >= 0.6 is 0 Å². The highest BCUT2D eigenvalue weighted by Gasteiger charge is 2.54. The normalized spacial score (nSPS) is 21.2. The zero-order valence-corrected chi connectivity index (χ0v) is 27.6. The number of H-pyrrole nitrogens is 1. The minimum Gasteiger partial charge on any atom is -0.445 e. The Morgan fingerprint density at radius 3 is 2.41 bits per heavy atom. The van der Waals surface area contributed by atoms with E-state index in [-0.39, 0.29) is 30.3 Å². The van der Waals surface area contributed by atoms with Gasteiger partial charge in [-0.05, 0) is 84.2 Å². The maximum atomic E-state index is 14.5. The number of halogens is 1. The van der Waals surface area contributed by atoms with Gasteiger partial charge in [0.2, 0.25) is 5.91 Å². The van der Waals surface area contributed by atoms with E-state index < -0.39 is 41.6 Å². The van der Waals surface area contributed by atoms with Crippen molar-refractivity contribution in [3.8, 4) is 0 Å². The Morgan fingerprint density at radius 1 is 1.02 bits per heavy atom. The molecule has 3 heterocycles. The van der Waals surface area contributed by atoms with Crippen molar-refractivity contribution in [2.45, 2.75) is 103 Å². The minimum atomic E-state index is -1.05. The number of carbonyl (C=O) groups excluding carboxylic acids is 3. The van der Waals surface area contributed by atoms with Gasteiger partial charge in [0.25, 0.3) is 0 Å². The number of hydrogen-bond acceptors (Lipinski definition) is 6. The zero-order chi connectivity index (χ0) is 33.4. The Bertz CT molecular complexity index is 1560. The Morgan fingerprint density at radius 2 is 1.74 bits per heavy atom. The molecule has 5 atom stereocenters. The summed E-state index contributed by atoms with van der Waals surface area (Å²) in [6.07, 6.45) is 0.473. The number of aromatic amines is 1. The third kappa shape index (κ3) is 7.46. The van der Waals surface area contributed by atoms with Crippen molar-refractivity contribution < 1.29 is 33.0 Å². The fourth-order valence-electron chi connectivity index (χ4n) is 6.68. The van der Waals surface area contributed by atoms with Gasteiger partial charge in [0.1, 0.15) is 24.1 Å². The number of nitrogens with zero attached hydrogens (tertiary/aromatic N) is 2. The molecule has 2 aliphatic heterocycles. The van der Waals surface area contributed by atoms with Crippen molar-refractivity contribution in [1.82, 2.24) is 20.1 Å². The Labute approximate surface area is 269 Å². The number of aromatic nitrogens is 1. The Balaban J connectivity index is 1.47.